The van der Waals surface area contributed by atoms with Crippen LogP contribution in [0.2, 0.25) is 10.0 Å². The lowest BCUT2D eigenvalue weighted by Crippen LogP contribution is -2.49. The van der Waals surface area contributed by atoms with Crippen LogP contribution < -0.4 is 0 Å². The fraction of sp³-hybridized carbons (Fsp3) is 0.333. The van der Waals surface area contributed by atoms with Crippen LogP contribution in [0.3, 0.4) is 0 Å². The zero-order valence-electron chi connectivity index (χ0n) is 20.4. The van der Waals surface area contributed by atoms with Gasteiger partial charge in [-0.2, -0.15) is 17.5 Å². The Balaban J connectivity index is 1.32. The fourth-order valence-electron chi connectivity index (χ4n) is 4.41. The van der Waals surface area contributed by atoms with Gasteiger partial charge >= 0.3 is 6.18 Å². The van der Waals surface area contributed by atoms with Gasteiger partial charge in [0.2, 0.25) is 10.0 Å². The van der Waals surface area contributed by atoms with Gasteiger partial charge in [-0.15, -0.1) is 0 Å². The van der Waals surface area contributed by atoms with Gasteiger partial charge in [0.25, 0.3) is 0 Å². The van der Waals surface area contributed by atoms with Crippen LogP contribution >= 0.6 is 23.2 Å². The van der Waals surface area contributed by atoms with E-state index < -0.39 is 26.7 Å². The van der Waals surface area contributed by atoms with E-state index in [-0.39, 0.29) is 19.2 Å². The summed E-state index contributed by atoms with van der Waals surface area (Å²) in [6.07, 6.45) is -4.36. The first-order valence-corrected chi connectivity index (χ1v) is 14.3. The first-order chi connectivity index (χ1) is 18.1. The number of hydrogen-bond acceptors (Lipinski definition) is 4. The van der Waals surface area contributed by atoms with E-state index in [1.54, 1.807) is 0 Å². The van der Waals surface area contributed by atoms with Gasteiger partial charge in [0.15, 0.2) is 0 Å². The first kappa shape index (κ1) is 28.9. The number of nitrogens with zero attached hydrogens (tertiary/aromatic N) is 2. The van der Waals surface area contributed by atoms with Gasteiger partial charge in [0.05, 0.1) is 10.5 Å². The number of piperazine rings is 1. The van der Waals surface area contributed by atoms with Gasteiger partial charge in [-0.05, 0) is 53.9 Å². The molecule has 1 saturated heterocycles. The molecule has 4 rings (SSSR count). The SMILES string of the molecule is O=S(=O)(c1ccccc1C(F)(F)F)N1CCN(CCCOC(c2ccc(Cl)cc2)c2ccc(Cl)cc2)CC1. The number of halogens is 5. The second kappa shape index (κ2) is 12.4. The molecule has 0 unspecified atom stereocenters. The summed E-state index contributed by atoms with van der Waals surface area (Å²) in [6.45, 7) is 2.20. The van der Waals surface area contributed by atoms with E-state index in [0.717, 1.165) is 27.6 Å². The van der Waals surface area contributed by atoms with Crippen molar-refractivity contribution < 1.29 is 26.3 Å². The van der Waals surface area contributed by atoms with Crippen LogP contribution in [0.15, 0.2) is 77.7 Å². The van der Waals surface area contributed by atoms with E-state index in [0.29, 0.717) is 42.7 Å². The van der Waals surface area contributed by atoms with Crippen molar-refractivity contribution in [3.05, 3.63) is 99.5 Å². The highest BCUT2D eigenvalue weighted by Gasteiger charge is 2.39. The molecule has 0 aliphatic carbocycles. The highest BCUT2D eigenvalue weighted by Crippen LogP contribution is 2.35. The third kappa shape index (κ3) is 7.08. The summed E-state index contributed by atoms with van der Waals surface area (Å²) in [7, 11) is -4.26. The number of sulfonamides is 1. The zero-order chi connectivity index (χ0) is 27.3. The lowest BCUT2D eigenvalue weighted by atomic mass is 10.0. The standard InChI is InChI=1S/C27H27Cl2F3N2O3S/c28-22-10-6-20(7-11-22)26(21-8-12-23(29)13-9-21)37-19-3-14-33-15-17-34(18-16-33)38(35,36)25-5-2-1-4-24(25)27(30,31)32/h1-2,4-13,26H,3,14-19H2. The highest BCUT2D eigenvalue weighted by molar-refractivity contribution is 7.89. The maximum Gasteiger partial charge on any atom is 0.417 e. The van der Waals surface area contributed by atoms with Gasteiger partial charge in [-0.25, -0.2) is 8.42 Å². The molecule has 0 spiro atoms. The van der Waals surface area contributed by atoms with Crippen LogP contribution in [0.5, 0.6) is 0 Å². The molecule has 0 bridgehead atoms. The minimum Gasteiger partial charge on any atom is -0.369 e. The molecule has 0 saturated carbocycles. The summed E-state index contributed by atoms with van der Waals surface area (Å²) in [5, 5.41) is 1.26. The molecule has 3 aromatic carbocycles. The molecule has 3 aromatic rings. The van der Waals surface area contributed by atoms with Crippen LogP contribution in [0.1, 0.15) is 29.2 Å². The molecule has 38 heavy (non-hydrogen) atoms. The van der Waals surface area contributed by atoms with Crippen molar-refractivity contribution in [1.82, 2.24) is 9.21 Å². The molecule has 0 radical (unpaired) electrons. The minimum absolute atomic E-state index is 0.119. The molecular formula is C27H27Cl2F3N2O3S. The molecule has 204 valence electrons. The van der Waals surface area contributed by atoms with Crippen LogP contribution in [0, 0.1) is 0 Å². The molecule has 1 fully saturated rings. The van der Waals surface area contributed by atoms with Crippen molar-refractivity contribution >= 4 is 33.2 Å². The summed E-state index contributed by atoms with van der Waals surface area (Å²) in [4.78, 5) is 1.38. The quantitative estimate of drug-likeness (QED) is 0.268. The van der Waals surface area contributed by atoms with Gasteiger partial charge in [0.1, 0.15) is 6.10 Å². The Morgan fingerprint density at radius 2 is 1.34 bits per heavy atom. The lowest BCUT2D eigenvalue weighted by Gasteiger charge is -2.34. The monoisotopic (exact) mass is 586 g/mol. The first-order valence-electron chi connectivity index (χ1n) is 12.1. The smallest absolute Gasteiger partial charge is 0.369 e. The van der Waals surface area contributed by atoms with Crippen LogP contribution in [-0.2, 0) is 20.9 Å². The Morgan fingerprint density at radius 3 is 1.87 bits per heavy atom. The van der Waals surface area contributed by atoms with Gasteiger partial charge in [0, 0.05) is 49.4 Å². The third-order valence-corrected chi connectivity index (χ3v) is 8.85. The molecule has 1 aliphatic heterocycles. The normalized spacial score (nSPS) is 15.7. The largest absolute Gasteiger partial charge is 0.417 e. The summed E-state index contributed by atoms with van der Waals surface area (Å²) in [5.41, 5.74) is 0.764. The van der Waals surface area contributed by atoms with E-state index in [2.05, 4.69) is 4.90 Å². The van der Waals surface area contributed by atoms with Crippen LogP contribution in [-0.4, -0.2) is 57.0 Å². The molecule has 1 heterocycles. The molecule has 11 heteroatoms. The van der Waals surface area contributed by atoms with Crippen molar-refractivity contribution in [2.24, 2.45) is 0 Å². The summed E-state index contributed by atoms with van der Waals surface area (Å²) in [6, 6.07) is 19.2. The second-order valence-corrected chi connectivity index (χ2v) is 11.7. The summed E-state index contributed by atoms with van der Waals surface area (Å²) >= 11 is 12.1. The van der Waals surface area contributed by atoms with E-state index in [9.17, 15) is 21.6 Å². The van der Waals surface area contributed by atoms with E-state index >= 15 is 0 Å². The van der Waals surface area contributed by atoms with Crippen molar-refractivity contribution in [3.63, 3.8) is 0 Å². The minimum atomic E-state index is -4.75. The maximum absolute atomic E-state index is 13.4. The van der Waals surface area contributed by atoms with Crippen molar-refractivity contribution in [1.29, 1.82) is 0 Å². The molecular weight excluding hydrogens is 560 g/mol. The summed E-state index contributed by atoms with van der Waals surface area (Å²) in [5.74, 6) is 0. The molecule has 0 amide bonds. The van der Waals surface area contributed by atoms with Crippen molar-refractivity contribution in [2.45, 2.75) is 23.6 Å². The second-order valence-electron chi connectivity index (χ2n) is 8.95. The molecule has 0 aromatic heterocycles. The number of benzene rings is 3. The lowest BCUT2D eigenvalue weighted by molar-refractivity contribution is -0.139. The fourth-order valence-corrected chi connectivity index (χ4v) is 6.29. The van der Waals surface area contributed by atoms with Gasteiger partial charge in [-0.3, -0.25) is 0 Å². The third-order valence-electron chi connectivity index (χ3n) is 6.39. The van der Waals surface area contributed by atoms with Crippen molar-refractivity contribution in [2.75, 3.05) is 39.3 Å². The predicted octanol–water partition coefficient (Wildman–Crippen LogP) is 6.51. The van der Waals surface area contributed by atoms with Gasteiger partial charge in [-0.1, -0.05) is 59.6 Å². The Kier molecular flexibility index (Phi) is 9.39. The van der Waals surface area contributed by atoms with E-state index in [1.165, 1.54) is 12.1 Å². The molecule has 0 N–H and O–H groups in total. The van der Waals surface area contributed by atoms with Crippen molar-refractivity contribution in [3.8, 4) is 0 Å². The highest BCUT2D eigenvalue weighted by atomic mass is 35.5. The number of rotatable bonds is 9. The number of alkyl halides is 3. The Morgan fingerprint density at radius 1 is 0.816 bits per heavy atom. The molecule has 0 atom stereocenters. The predicted molar refractivity (Wildman–Crippen MR) is 142 cm³/mol. The Labute approximate surface area is 230 Å². The van der Waals surface area contributed by atoms with Crippen LogP contribution in [0.4, 0.5) is 13.2 Å². The maximum atomic E-state index is 13.4. The Bertz CT molecular complexity index is 1270. The molecule has 1 aliphatic rings. The topological polar surface area (TPSA) is 49.9 Å². The van der Waals surface area contributed by atoms with E-state index in [1.807, 2.05) is 48.5 Å². The molecule has 5 nitrogen and oxygen atoms in total. The Hall–Kier alpha value is -2.14. The summed E-state index contributed by atoms with van der Waals surface area (Å²) < 4.78 is 73.4. The average molecular weight is 587 g/mol. The van der Waals surface area contributed by atoms with E-state index in [4.69, 9.17) is 27.9 Å². The van der Waals surface area contributed by atoms with Crippen LogP contribution in [0.25, 0.3) is 0 Å². The zero-order valence-corrected chi connectivity index (χ0v) is 22.7. The average Bonchev–Trinajstić information content (AvgIpc) is 2.90. The van der Waals surface area contributed by atoms with Gasteiger partial charge < -0.3 is 9.64 Å². The number of ether oxygens (including phenoxy) is 1. The number of hydrogen-bond donors (Lipinski definition) is 0.